The van der Waals surface area contributed by atoms with Crippen LogP contribution < -0.4 is 15.2 Å². The molecule has 2 N–H and O–H groups in total. The number of nitrogens with zero attached hydrogens (tertiary/aromatic N) is 1. The van der Waals surface area contributed by atoms with E-state index >= 15 is 0 Å². The van der Waals surface area contributed by atoms with E-state index in [0.717, 1.165) is 5.56 Å². The Kier molecular flexibility index (Phi) is 7.92. The Labute approximate surface area is 148 Å². The predicted molar refractivity (Wildman–Crippen MR) is 97.9 cm³/mol. The minimum absolute atomic E-state index is 0. The summed E-state index contributed by atoms with van der Waals surface area (Å²) >= 11 is 0. The molecule has 0 saturated heterocycles. The maximum Gasteiger partial charge on any atom is 0.226 e. The summed E-state index contributed by atoms with van der Waals surface area (Å²) in [6.45, 7) is 0.913. The number of methoxy groups -OCH3 is 1. The van der Waals surface area contributed by atoms with Crippen molar-refractivity contribution < 1.29 is 14.3 Å². The van der Waals surface area contributed by atoms with Gasteiger partial charge in [0.25, 0.3) is 0 Å². The first-order valence-corrected chi connectivity index (χ1v) is 7.44. The van der Waals surface area contributed by atoms with Gasteiger partial charge < -0.3 is 20.1 Å². The van der Waals surface area contributed by atoms with E-state index in [4.69, 9.17) is 15.2 Å². The minimum atomic E-state index is 0. The quantitative estimate of drug-likeness (QED) is 0.780. The molecule has 0 heterocycles. The Morgan fingerprint density at radius 1 is 1.08 bits per heavy atom. The fourth-order valence-electron chi connectivity index (χ4n) is 2.10. The van der Waals surface area contributed by atoms with Crippen molar-refractivity contribution in [1.29, 1.82) is 0 Å². The summed E-state index contributed by atoms with van der Waals surface area (Å²) < 4.78 is 10.9. The minimum Gasteiger partial charge on any atom is -0.493 e. The van der Waals surface area contributed by atoms with Gasteiger partial charge in [-0.3, -0.25) is 4.79 Å². The zero-order chi connectivity index (χ0) is 16.7. The highest BCUT2D eigenvalue weighted by Gasteiger charge is 2.10. The smallest absolute Gasteiger partial charge is 0.226 e. The van der Waals surface area contributed by atoms with Crippen LogP contribution in [0.5, 0.6) is 11.5 Å². The maximum atomic E-state index is 12.2. The average Bonchev–Trinajstić information content (AvgIpc) is 2.57. The summed E-state index contributed by atoms with van der Waals surface area (Å²) in [4.78, 5) is 13.8. The van der Waals surface area contributed by atoms with E-state index in [0.29, 0.717) is 36.8 Å². The van der Waals surface area contributed by atoms with E-state index < -0.39 is 0 Å². The Hall–Kier alpha value is -2.40. The summed E-state index contributed by atoms with van der Waals surface area (Å²) in [5.41, 5.74) is 7.28. The molecule has 0 fully saturated rings. The number of nitrogen functional groups attached to an aromatic ring is 1. The first kappa shape index (κ1) is 19.6. The zero-order valence-corrected chi connectivity index (χ0v) is 14.7. The van der Waals surface area contributed by atoms with Gasteiger partial charge in [0, 0.05) is 12.7 Å². The number of ether oxygens (including phenoxy) is 2. The van der Waals surface area contributed by atoms with Gasteiger partial charge in [0.2, 0.25) is 5.91 Å². The molecule has 0 aliphatic rings. The number of nitrogens with two attached hydrogens (primary N) is 1. The molecule has 0 bridgehead atoms. The number of likely N-dealkylation sites (N-methyl/N-ethyl adjacent to an activating group) is 1. The highest BCUT2D eigenvalue weighted by molar-refractivity contribution is 5.85. The van der Waals surface area contributed by atoms with E-state index in [-0.39, 0.29) is 18.3 Å². The van der Waals surface area contributed by atoms with Gasteiger partial charge in [-0.2, -0.15) is 0 Å². The van der Waals surface area contributed by atoms with Gasteiger partial charge >= 0.3 is 0 Å². The molecule has 24 heavy (non-hydrogen) atoms. The van der Waals surface area contributed by atoms with E-state index in [1.807, 2.05) is 36.4 Å². The zero-order valence-electron chi connectivity index (χ0n) is 13.9. The van der Waals surface area contributed by atoms with Gasteiger partial charge in [0.15, 0.2) is 11.5 Å². The number of para-hydroxylation sites is 2. The largest absolute Gasteiger partial charge is 0.493 e. The van der Waals surface area contributed by atoms with Crippen LogP contribution >= 0.6 is 12.4 Å². The normalized spacial score (nSPS) is 9.75. The molecule has 0 aromatic heterocycles. The number of benzene rings is 2. The monoisotopic (exact) mass is 350 g/mol. The number of hydrogen-bond donors (Lipinski definition) is 1. The lowest BCUT2D eigenvalue weighted by molar-refractivity contribution is -0.129. The Morgan fingerprint density at radius 2 is 1.71 bits per heavy atom. The maximum absolute atomic E-state index is 12.2. The lowest BCUT2D eigenvalue weighted by Crippen LogP contribution is -2.32. The first-order chi connectivity index (χ1) is 11.1. The molecule has 2 aromatic carbocycles. The highest BCUT2D eigenvalue weighted by atomic mass is 35.5. The first-order valence-electron chi connectivity index (χ1n) is 7.44. The van der Waals surface area contributed by atoms with Crippen molar-refractivity contribution in [3.05, 3.63) is 54.1 Å². The van der Waals surface area contributed by atoms with Crippen LogP contribution in [0, 0.1) is 0 Å². The van der Waals surface area contributed by atoms with Crippen molar-refractivity contribution >= 4 is 24.0 Å². The van der Waals surface area contributed by atoms with Crippen molar-refractivity contribution in [1.82, 2.24) is 4.90 Å². The highest BCUT2D eigenvalue weighted by Crippen LogP contribution is 2.25. The molecule has 5 nitrogen and oxygen atoms in total. The second-order valence-electron chi connectivity index (χ2n) is 5.23. The number of anilines is 1. The third kappa shape index (κ3) is 5.66. The fraction of sp³-hybridized carbons (Fsp3) is 0.278. The van der Waals surface area contributed by atoms with Crippen LogP contribution in [0.25, 0.3) is 0 Å². The fourth-order valence-corrected chi connectivity index (χ4v) is 2.10. The number of hydrogen-bond acceptors (Lipinski definition) is 4. The van der Waals surface area contributed by atoms with Crippen molar-refractivity contribution in [2.75, 3.05) is 33.0 Å². The standard InChI is InChI=1S/C18H22N2O3.ClH/c1-20(18(21)13-14-7-9-15(19)10-8-14)11-12-23-17-6-4-3-5-16(17)22-2;/h3-10H,11-13,19H2,1-2H3;1H. The molecule has 0 unspecified atom stereocenters. The Morgan fingerprint density at radius 3 is 2.33 bits per heavy atom. The van der Waals surface area contributed by atoms with E-state index in [9.17, 15) is 4.79 Å². The van der Waals surface area contributed by atoms with Gasteiger partial charge in [-0.15, -0.1) is 12.4 Å². The molecule has 2 rings (SSSR count). The van der Waals surface area contributed by atoms with Crippen LogP contribution in [0.1, 0.15) is 5.56 Å². The summed E-state index contributed by atoms with van der Waals surface area (Å²) in [5.74, 6) is 1.40. The van der Waals surface area contributed by atoms with Crippen LogP contribution in [-0.4, -0.2) is 38.1 Å². The van der Waals surface area contributed by atoms with Crippen molar-refractivity contribution in [2.24, 2.45) is 0 Å². The number of rotatable bonds is 7. The predicted octanol–water partition coefficient (Wildman–Crippen LogP) is 2.78. The summed E-state index contributed by atoms with van der Waals surface area (Å²) in [7, 11) is 3.37. The van der Waals surface area contributed by atoms with Crippen molar-refractivity contribution in [2.45, 2.75) is 6.42 Å². The molecule has 6 heteroatoms. The molecule has 0 saturated carbocycles. The number of halogens is 1. The van der Waals surface area contributed by atoms with Gasteiger partial charge in [-0.25, -0.2) is 0 Å². The Balaban J connectivity index is 0.00000288. The van der Waals surface area contributed by atoms with Crippen LogP contribution in [0.4, 0.5) is 5.69 Å². The molecule has 0 aliphatic carbocycles. The van der Waals surface area contributed by atoms with Crippen LogP contribution in [-0.2, 0) is 11.2 Å². The molecule has 0 spiro atoms. The molecule has 0 radical (unpaired) electrons. The SMILES string of the molecule is COc1ccccc1OCCN(C)C(=O)Cc1ccc(N)cc1.Cl. The summed E-state index contributed by atoms with van der Waals surface area (Å²) in [5, 5.41) is 0. The number of carbonyl (C=O) groups excluding carboxylic acids is 1. The van der Waals surface area contributed by atoms with Crippen molar-refractivity contribution in [3.8, 4) is 11.5 Å². The van der Waals surface area contributed by atoms with E-state index in [1.54, 1.807) is 31.2 Å². The lowest BCUT2D eigenvalue weighted by atomic mass is 10.1. The van der Waals surface area contributed by atoms with Gasteiger partial charge in [-0.1, -0.05) is 24.3 Å². The summed E-state index contributed by atoms with van der Waals surface area (Å²) in [6, 6.07) is 14.8. The van der Waals surface area contributed by atoms with Crippen LogP contribution in [0.3, 0.4) is 0 Å². The van der Waals surface area contributed by atoms with Crippen LogP contribution in [0.15, 0.2) is 48.5 Å². The molecule has 2 aromatic rings. The molecule has 0 aliphatic heterocycles. The second kappa shape index (κ2) is 9.67. The summed E-state index contributed by atoms with van der Waals surface area (Å²) in [6.07, 6.45) is 0.353. The van der Waals surface area contributed by atoms with E-state index in [2.05, 4.69) is 0 Å². The second-order valence-corrected chi connectivity index (χ2v) is 5.23. The molecule has 1 amide bonds. The number of carbonyl (C=O) groups is 1. The third-order valence-electron chi connectivity index (χ3n) is 3.51. The molecular formula is C18H23ClN2O3. The van der Waals surface area contributed by atoms with Gasteiger partial charge in [0.1, 0.15) is 6.61 Å². The lowest BCUT2D eigenvalue weighted by Gasteiger charge is -2.18. The van der Waals surface area contributed by atoms with Crippen molar-refractivity contribution in [3.63, 3.8) is 0 Å². The third-order valence-corrected chi connectivity index (χ3v) is 3.51. The van der Waals surface area contributed by atoms with E-state index in [1.165, 1.54) is 0 Å². The van der Waals surface area contributed by atoms with Crippen LogP contribution in [0.2, 0.25) is 0 Å². The number of amides is 1. The molecule has 0 atom stereocenters. The van der Waals surface area contributed by atoms with Gasteiger partial charge in [-0.05, 0) is 29.8 Å². The van der Waals surface area contributed by atoms with Gasteiger partial charge in [0.05, 0.1) is 20.1 Å². The molecular weight excluding hydrogens is 328 g/mol. The Bertz CT molecular complexity index is 647. The molecule has 130 valence electrons. The average molecular weight is 351 g/mol. The topological polar surface area (TPSA) is 64.8 Å².